The average molecular weight is 422 g/mol. The van der Waals surface area contributed by atoms with Crippen LogP contribution in [0.25, 0.3) is 10.8 Å². The van der Waals surface area contributed by atoms with Crippen LogP contribution in [0, 0.1) is 11.8 Å². The number of piperidine rings is 1. The van der Waals surface area contributed by atoms with Gasteiger partial charge in [-0.05, 0) is 29.7 Å². The van der Waals surface area contributed by atoms with Crippen molar-refractivity contribution in [2.75, 3.05) is 39.3 Å². The van der Waals surface area contributed by atoms with E-state index in [2.05, 4.69) is 0 Å². The highest BCUT2D eigenvalue weighted by molar-refractivity contribution is 6.07. The van der Waals surface area contributed by atoms with E-state index < -0.39 is 0 Å². The number of carbonyl (C=O) groups is 3. The number of hydrogen-bond acceptors (Lipinski definition) is 3. The van der Waals surface area contributed by atoms with Crippen molar-refractivity contribution < 1.29 is 14.4 Å². The predicted octanol–water partition coefficient (Wildman–Crippen LogP) is 3.02. The Kier molecular flexibility index (Phi) is 6.25. The zero-order valence-electron chi connectivity index (χ0n) is 18.4. The van der Waals surface area contributed by atoms with Crippen molar-refractivity contribution >= 4 is 28.5 Å². The summed E-state index contributed by atoms with van der Waals surface area (Å²) in [6.07, 6.45) is 1.39. The lowest BCUT2D eigenvalue weighted by atomic mass is 9.94. The molecule has 0 bridgehead atoms. The molecule has 2 fully saturated rings. The Bertz CT molecular complexity index is 966. The van der Waals surface area contributed by atoms with Crippen molar-refractivity contribution in [2.24, 2.45) is 11.8 Å². The second kappa shape index (κ2) is 9.08. The van der Waals surface area contributed by atoms with Gasteiger partial charge >= 0.3 is 0 Å². The molecule has 2 aliphatic heterocycles. The third-order valence-electron chi connectivity index (χ3n) is 6.55. The highest BCUT2D eigenvalue weighted by atomic mass is 16.2. The normalized spacial score (nSPS) is 18.0. The van der Waals surface area contributed by atoms with E-state index in [0.29, 0.717) is 52.1 Å². The largest absolute Gasteiger partial charge is 0.339 e. The van der Waals surface area contributed by atoms with Crippen molar-refractivity contribution in [3.63, 3.8) is 0 Å². The Hall–Kier alpha value is -2.89. The first-order valence-corrected chi connectivity index (χ1v) is 11.3. The van der Waals surface area contributed by atoms with Crippen LogP contribution in [0.15, 0.2) is 42.5 Å². The Morgan fingerprint density at radius 2 is 1.39 bits per heavy atom. The Labute approximate surface area is 183 Å². The van der Waals surface area contributed by atoms with Gasteiger partial charge in [0, 0.05) is 56.7 Å². The molecular formula is C25H31N3O3. The molecule has 2 saturated heterocycles. The molecule has 0 spiro atoms. The summed E-state index contributed by atoms with van der Waals surface area (Å²) in [6.45, 7) is 7.45. The molecule has 0 radical (unpaired) electrons. The molecule has 2 aromatic rings. The molecule has 164 valence electrons. The SMILES string of the molecule is CC(C)C(=O)N1CCN(C(=O)C2CCN(C(=O)c3cccc4ccccc34)CC2)CC1. The summed E-state index contributed by atoms with van der Waals surface area (Å²) in [6, 6.07) is 13.8. The lowest BCUT2D eigenvalue weighted by Gasteiger charge is -2.39. The quantitative estimate of drug-likeness (QED) is 0.765. The van der Waals surface area contributed by atoms with Gasteiger partial charge in [0.25, 0.3) is 5.91 Å². The highest BCUT2D eigenvalue weighted by Crippen LogP contribution is 2.25. The monoisotopic (exact) mass is 421 g/mol. The lowest BCUT2D eigenvalue weighted by Crippen LogP contribution is -2.53. The molecule has 0 aliphatic carbocycles. The second-order valence-corrected chi connectivity index (χ2v) is 8.90. The van der Waals surface area contributed by atoms with Gasteiger partial charge < -0.3 is 14.7 Å². The summed E-state index contributed by atoms with van der Waals surface area (Å²) in [5.41, 5.74) is 0.730. The van der Waals surface area contributed by atoms with E-state index in [9.17, 15) is 14.4 Å². The van der Waals surface area contributed by atoms with Gasteiger partial charge in [-0.1, -0.05) is 50.2 Å². The van der Waals surface area contributed by atoms with E-state index in [4.69, 9.17) is 0 Å². The minimum absolute atomic E-state index is 0.00847. The van der Waals surface area contributed by atoms with Crippen LogP contribution in [0.3, 0.4) is 0 Å². The molecule has 0 atom stereocenters. The molecule has 2 aliphatic rings. The highest BCUT2D eigenvalue weighted by Gasteiger charge is 2.33. The fraction of sp³-hybridized carbons (Fsp3) is 0.480. The van der Waals surface area contributed by atoms with E-state index in [1.165, 1.54) is 0 Å². The number of nitrogens with zero attached hydrogens (tertiary/aromatic N) is 3. The molecule has 0 unspecified atom stereocenters. The molecule has 6 heteroatoms. The molecule has 31 heavy (non-hydrogen) atoms. The van der Waals surface area contributed by atoms with Crippen LogP contribution in [0.1, 0.15) is 37.0 Å². The summed E-state index contributed by atoms with van der Waals surface area (Å²) < 4.78 is 0. The molecule has 0 saturated carbocycles. The van der Waals surface area contributed by atoms with Gasteiger partial charge in [-0.2, -0.15) is 0 Å². The van der Waals surface area contributed by atoms with E-state index in [1.807, 2.05) is 71.0 Å². The van der Waals surface area contributed by atoms with Crippen molar-refractivity contribution in [2.45, 2.75) is 26.7 Å². The van der Waals surface area contributed by atoms with Crippen molar-refractivity contribution in [1.29, 1.82) is 0 Å². The van der Waals surface area contributed by atoms with Gasteiger partial charge in [-0.15, -0.1) is 0 Å². The minimum Gasteiger partial charge on any atom is -0.339 e. The summed E-state index contributed by atoms with van der Waals surface area (Å²) in [7, 11) is 0. The van der Waals surface area contributed by atoms with Crippen LogP contribution in [-0.2, 0) is 9.59 Å². The summed E-state index contributed by atoms with van der Waals surface area (Å²) in [5.74, 6) is 0.333. The number of hydrogen-bond donors (Lipinski definition) is 0. The van der Waals surface area contributed by atoms with Gasteiger partial charge in [-0.25, -0.2) is 0 Å². The predicted molar refractivity (Wildman–Crippen MR) is 121 cm³/mol. The van der Waals surface area contributed by atoms with Crippen molar-refractivity contribution in [1.82, 2.24) is 14.7 Å². The average Bonchev–Trinajstić information content (AvgIpc) is 2.82. The molecular weight excluding hydrogens is 390 g/mol. The van der Waals surface area contributed by atoms with Crippen LogP contribution in [0.2, 0.25) is 0 Å². The number of carbonyl (C=O) groups excluding carboxylic acids is 3. The summed E-state index contributed by atoms with van der Waals surface area (Å²) in [4.78, 5) is 43.9. The van der Waals surface area contributed by atoms with Crippen LogP contribution in [-0.4, -0.2) is 71.7 Å². The fourth-order valence-corrected chi connectivity index (χ4v) is 4.68. The van der Waals surface area contributed by atoms with Gasteiger partial charge in [0.1, 0.15) is 0 Å². The van der Waals surface area contributed by atoms with Crippen molar-refractivity contribution in [3.05, 3.63) is 48.0 Å². The first kappa shape index (κ1) is 21.3. The first-order valence-electron chi connectivity index (χ1n) is 11.3. The molecule has 3 amide bonds. The van der Waals surface area contributed by atoms with Crippen LogP contribution >= 0.6 is 0 Å². The zero-order valence-corrected chi connectivity index (χ0v) is 18.4. The van der Waals surface area contributed by atoms with Gasteiger partial charge in [0.2, 0.25) is 11.8 Å². The van der Waals surface area contributed by atoms with Crippen LogP contribution in [0.5, 0.6) is 0 Å². The van der Waals surface area contributed by atoms with E-state index >= 15 is 0 Å². The van der Waals surface area contributed by atoms with Gasteiger partial charge in [0.15, 0.2) is 0 Å². The Balaban J connectivity index is 1.33. The van der Waals surface area contributed by atoms with E-state index in [1.54, 1.807) is 0 Å². The Morgan fingerprint density at radius 1 is 0.774 bits per heavy atom. The minimum atomic E-state index is -0.0380. The van der Waals surface area contributed by atoms with Gasteiger partial charge in [-0.3, -0.25) is 14.4 Å². The molecule has 2 heterocycles. The van der Waals surface area contributed by atoms with E-state index in [-0.39, 0.29) is 29.6 Å². The standard InChI is InChI=1S/C25H31N3O3/c1-18(2)23(29)27-14-16-28(17-15-27)24(30)20-10-12-26(13-11-20)25(31)22-9-5-7-19-6-3-4-8-21(19)22/h3-9,18,20H,10-17H2,1-2H3. The smallest absolute Gasteiger partial charge is 0.254 e. The number of fused-ring (bicyclic) bond motifs is 1. The van der Waals surface area contributed by atoms with Crippen molar-refractivity contribution in [3.8, 4) is 0 Å². The molecule has 2 aromatic carbocycles. The maximum atomic E-state index is 13.1. The first-order chi connectivity index (χ1) is 15.0. The van der Waals surface area contributed by atoms with E-state index in [0.717, 1.165) is 16.3 Å². The number of rotatable bonds is 3. The fourth-order valence-electron chi connectivity index (χ4n) is 4.68. The number of benzene rings is 2. The molecule has 6 nitrogen and oxygen atoms in total. The maximum Gasteiger partial charge on any atom is 0.254 e. The molecule has 4 rings (SSSR count). The zero-order chi connectivity index (χ0) is 22.0. The second-order valence-electron chi connectivity index (χ2n) is 8.90. The summed E-state index contributed by atoms with van der Waals surface area (Å²) in [5, 5.41) is 2.04. The molecule has 0 N–H and O–H groups in total. The van der Waals surface area contributed by atoms with Crippen LogP contribution in [0.4, 0.5) is 0 Å². The number of likely N-dealkylation sites (tertiary alicyclic amines) is 1. The van der Waals surface area contributed by atoms with Crippen LogP contribution < -0.4 is 0 Å². The topological polar surface area (TPSA) is 60.9 Å². The maximum absolute atomic E-state index is 13.1. The Morgan fingerprint density at radius 3 is 2.06 bits per heavy atom. The molecule has 0 aromatic heterocycles. The lowest BCUT2D eigenvalue weighted by molar-refractivity contribution is -0.144. The summed E-state index contributed by atoms with van der Waals surface area (Å²) >= 11 is 0. The number of amides is 3. The number of piperazine rings is 1. The van der Waals surface area contributed by atoms with Gasteiger partial charge in [0.05, 0.1) is 0 Å². The third-order valence-corrected chi connectivity index (χ3v) is 6.55. The third kappa shape index (κ3) is 4.43.